The van der Waals surface area contributed by atoms with Gasteiger partial charge in [-0.05, 0) is 47.4 Å². The molecule has 1 aromatic rings. The average molecular weight is 278 g/mol. The summed E-state index contributed by atoms with van der Waals surface area (Å²) in [6.07, 6.45) is 2.15. The van der Waals surface area contributed by atoms with Crippen LogP contribution in [-0.4, -0.2) is 6.26 Å². The maximum absolute atomic E-state index is 2.39. The minimum atomic E-state index is 0.614. The fourth-order valence-electron chi connectivity index (χ4n) is 0.932. The second kappa shape index (κ2) is 4.36. The van der Waals surface area contributed by atoms with E-state index in [1.54, 1.807) is 0 Å². The molecule has 0 bridgehead atoms. The maximum Gasteiger partial charge on any atom is 0.0276 e. The van der Waals surface area contributed by atoms with Crippen molar-refractivity contribution in [2.45, 2.75) is 12.2 Å². The van der Waals surface area contributed by atoms with E-state index < -0.39 is 0 Å². The van der Waals surface area contributed by atoms with Crippen LogP contribution in [0.25, 0.3) is 0 Å². The van der Waals surface area contributed by atoms with E-state index in [9.17, 15) is 0 Å². The zero-order valence-corrected chi connectivity index (χ0v) is 9.65. The highest BCUT2D eigenvalue weighted by molar-refractivity contribution is 14.1. The van der Waals surface area contributed by atoms with Gasteiger partial charge < -0.3 is 0 Å². The lowest BCUT2D eigenvalue weighted by Crippen LogP contribution is -1.89. The molecule has 2 heteroatoms. The van der Waals surface area contributed by atoms with E-state index in [1.807, 2.05) is 11.8 Å². The van der Waals surface area contributed by atoms with Crippen LogP contribution in [0.4, 0.5) is 0 Å². The van der Waals surface area contributed by atoms with Crippen LogP contribution in [-0.2, 0) is 0 Å². The van der Waals surface area contributed by atoms with Gasteiger partial charge in [-0.15, -0.1) is 0 Å². The van der Waals surface area contributed by atoms with Crippen molar-refractivity contribution < 1.29 is 0 Å². The normalized spacial score (nSPS) is 13.0. The molecule has 0 spiro atoms. The topological polar surface area (TPSA) is 0 Å². The lowest BCUT2D eigenvalue weighted by molar-refractivity contribution is 1.09. The molecule has 1 unspecified atom stereocenters. The van der Waals surface area contributed by atoms with Crippen LogP contribution in [0.5, 0.6) is 0 Å². The smallest absolute Gasteiger partial charge is 0.0276 e. The number of benzene rings is 1. The molecule has 11 heavy (non-hydrogen) atoms. The van der Waals surface area contributed by atoms with Crippen molar-refractivity contribution in [2.75, 3.05) is 6.26 Å². The minimum Gasteiger partial charge on any atom is -0.157 e. The molecule has 0 aliphatic heterocycles. The van der Waals surface area contributed by atoms with Crippen LogP contribution >= 0.6 is 34.4 Å². The first kappa shape index (κ1) is 9.39. The molecule has 0 nitrogen and oxygen atoms in total. The van der Waals surface area contributed by atoms with Gasteiger partial charge in [0.05, 0.1) is 0 Å². The van der Waals surface area contributed by atoms with Crippen molar-refractivity contribution in [3.8, 4) is 0 Å². The van der Waals surface area contributed by atoms with Gasteiger partial charge in [0, 0.05) is 8.82 Å². The molecule has 0 heterocycles. The van der Waals surface area contributed by atoms with Crippen LogP contribution in [0.3, 0.4) is 0 Å². The lowest BCUT2D eigenvalue weighted by atomic mass is 10.2. The zero-order chi connectivity index (χ0) is 8.27. The number of rotatable bonds is 2. The number of hydrogen-bond acceptors (Lipinski definition) is 1. The van der Waals surface area contributed by atoms with Crippen molar-refractivity contribution in [3.63, 3.8) is 0 Å². The van der Waals surface area contributed by atoms with Gasteiger partial charge >= 0.3 is 0 Å². The first-order valence-electron chi connectivity index (χ1n) is 3.53. The molecular formula is C9H11IS. The lowest BCUT2D eigenvalue weighted by Gasteiger charge is -2.09. The fraction of sp³-hybridized carbons (Fsp3) is 0.333. The SMILES string of the molecule is CSC(C)c1ccccc1I. The molecule has 1 aromatic carbocycles. The summed E-state index contributed by atoms with van der Waals surface area (Å²) in [5, 5.41) is 0.614. The molecule has 0 saturated carbocycles. The summed E-state index contributed by atoms with van der Waals surface area (Å²) in [5.41, 5.74) is 1.44. The van der Waals surface area contributed by atoms with E-state index in [2.05, 4.69) is 60.0 Å². The largest absolute Gasteiger partial charge is 0.157 e. The predicted octanol–water partition coefficient (Wildman–Crippen LogP) is 3.72. The Labute approximate surface area is 85.9 Å². The van der Waals surface area contributed by atoms with E-state index in [4.69, 9.17) is 0 Å². The van der Waals surface area contributed by atoms with Gasteiger partial charge in [-0.25, -0.2) is 0 Å². The van der Waals surface area contributed by atoms with Crippen LogP contribution in [0.15, 0.2) is 24.3 Å². The maximum atomic E-state index is 2.39. The Morgan fingerprint density at radius 2 is 2.00 bits per heavy atom. The molecule has 0 aliphatic carbocycles. The van der Waals surface area contributed by atoms with Gasteiger partial charge in [0.1, 0.15) is 0 Å². The summed E-state index contributed by atoms with van der Waals surface area (Å²) in [5.74, 6) is 0. The molecule has 0 saturated heterocycles. The molecule has 1 rings (SSSR count). The van der Waals surface area contributed by atoms with Crippen molar-refractivity contribution in [1.29, 1.82) is 0 Å². The van der Waals surface area contributed by atoms with Crippen molar-refractivity contribution >= 4 is 34.4 Å². The third-order valence-corrected chi connectivity index (χ3v) is 3.64. The predicted molar refractivity (Wildman–Crippen MR) is 61.1 cm³/mol. The Bertz CT molecular complexity index is 235. The Morgan fingerprint density at radius 3 is 2.55 bits per heavy atom. The van der Waals surface area contributed by atoms with Gasteiger partial charge in [0.25, 0.3) is 0 Å². The van der Waals surface area contributed by atoms with Gasteiger partial charge in [-0.3, -0.25) is 0 Å². The molecular weight excluding hydrogens is 267 g/mol. The number of thioether (sulfide) groups is 1. The van der Waals surface area contributed by atoms with Crippen molar-refractivity contribution in [3.05, 3.63) is 33.4 Å². The second-order valence-corrected chi connectivity index (χ2v) is 4.74. The van der Waals surface area contributed by atoms with E-state index in [1.165, 1.54) is 9.13 Å². The third-order valence-electron chi connectivity index (χ3n) is 1.70. The van der Waals surface area contributed by atoms with Gasteiger partial charge in [-0.2, -0.15) is 11.8 Å². The quantitative estimate of drug-likeness (QED) is 0.743. The molecule has 0 aromatic heterocycles. The third kappa shape index (κ3) is 2.37. The summed E-state index contributed by atoms with van der Waals surface area (Å²) >= 11 is 4.27. The molecule has 0 N–H and O–H groups in total. The highest BCUT2D eigenvalue weighted by Crippen LogP contribution is 2.28. The van der Waals surface area contributed by atoms with E-state index >= 15 is 0 Å². The molecule has 0 fully saturated rings. The van der Waals surface area contributed by atoms with Crippen molar-refractivity contribution in [2.24, 2.45) is 0 Å². The molecule has 0 aliphatic rings. The number of halogens is 1. The fourth-order valence-corrected chi connectivity index (χ4v) is 2.46. The average Bonchev–Trinajstić information content (AvgIpc) is 2.04. The minimum absolute atomic E-state index is 0.614. The van der Waals surface area contributed by atoms with Crippen LogP contribution in [0.2, 0.25) is 0 Å². The first-order valence-corrected chi connectivity index (χ1v) is 5.89. The molecule has 60 valence electrons. The zero-order valence-electron chi connectivity index (χ0n) is 6.67. The summed E-state index contributed by atoms with van der Waals surface area (Å²) in [6, 6.07) is 8.54. The first-order chi connectivity index (χ1) is 5.25. The number of hydrogen-bond donors (Lipinski definition) is 0. The Kier molecular flexibility index (Phi) is 3.72. The molecule has 1 atom stereocenters. The summed E-state index contributed by atoms with van der Waals surface area (Å²) in [6.45, 7) is 2.24. The highest BCUT2D eigenvalue weighted by atomic mass is 127. The van der Waals surface area contributed by atoms with Crippen molar-refractivity contribution in [1.82, 2.24) is 0 Å². The molecule has 0 amide bonds. The van der Waals surface area contributed by atoms with Gasteiger partial charge in [0.15, 0.2) is 0 Å². The van der Waals surface area contributed by atoms with E-state index in [-0.39, 0.29) is 0 Å². The highest BCUT2D eigenvalue weighted by Gasteiger charge is 2.05. The van der Waals surface area contributed by atoms with Gasteiger partial charge in [-0.1, -0.05) is 18.2 Å². The summed E-state index contributed by atoms with van der Waals surface area (Å²) in [7, 11) is 0. The standard InChI is InChI=1S/C9H11IS/c1-7(11-2)8-5-3-4-6-9(8)10/h3-7H,1-2H3. The van der Waals surface area contributed by atoms with Crippen LogP contribution < -0.4 is 0 Å². The molecule has 0 radical (unpaired) electrons. The summed E-state index contributed by atoms with van der Waals surface area (Å²) < 4.78 is 1.37. The van der Waals surface area contributed by atoms with Crippen LogP contribution in [0.1, 0.15) is 17.7 Å². The Balaban J connectivity index is 2.93. The van der Waals surface area contributed by atoms with Crippen LogP contribution in [0, 0.1) is 3.57 Å². The van der Waals surface area contributed by atoms with E-state index in [0.717, 1.165) is 0 Å². The van der Waals surface area contributed by atoms with Gasteiger partial charge in [0.2, 0.25) is 0 Å². The Hall–Kier alpha value is 0.300. The monoisotopic (exact) mass is 278 g/mol. The Morgan fingerprint density at radius 1 is 1.36 bits per heavy atom. The second-order valence-electron chi connectivity index (χ2n) is 2.40. The van der Waals surface area contributed by atoms with E-state index in [0.29, 0.717) is 5.25 Å². The summed E-state index contributed by atoms with van der Waals surface area (Å²) in [4.78, 5) is 0.